The van der Waals surface area contributed by atoms with Gasteiger partial charge in [0.05, 0.1) is 10.9 Å². The second kappa shape index (κ2) is 10.8. The van der Waals surface area contributed by atoms with Crippen LogP contribution in [-0.2, 0) is 4.79 Å². The smallest absolute Gasteiger partial charge is 0.403 e. The molecule has 0 radical (unpaired) electrons. The van der Waals surface area contributed by atoms with Gasteiger partial charge >= 0.3 is 12.1 Å². The Kier molecular flexibility index (Phi) is 7.40. The van der Waals surface area contributed by atoms with Crippen molar-refractivity contribution in [3.8, 4) is 11.1 Å². The van der Waals surface area contributed by atoms with E-state index in [1.807, 2.05) is 18.7 Å². The zero-order valence-electron chi connectivity index (χ0n) is 22.4. The van der Waals surface area contributed by atoms with Gasteiger partial charge < -0.3 is 24.7 Å². The average molecular weight is 584 g/mol. The summed E-state index contributed by atoms with van der Waals surface area (Å²) in [5, 5.41) is 12.2. The molecule has 3 N–H and O–H groups in total. The van der Waals surface area contributed by atoms with Gasteiger partial charge in [-0.15, -0.1) is 0 Å². The number of pyridine rings is 1. The van der Waals surface area contributed by atoms with Crippen molar-refractivity contribution in [1.29, 1.82) is 0 Å². The number of benzene rings is 3. The number of aromatic nitrogens is 1. The zero-order chi connectivity index (χ0) is 30.3. The molecule has 218 valence electrons. The molecule has 2 heterocycles. The lowest BCUT2D eigenvalue weighted by atomic mass is 9.97. The van der Waals surface area contributed by atoms with E-state index in [-0.39, 0.29) is 22.0 Å². The molecule has 0 aliphatic carbocycles. The Morgan fingerprint density at radius 3 is 2.45 bits per heavy atom. The molecule has 0 fully saturated rings. The van der Waals surface area contributed by atoms with E-state index in [9.17, 15) is 31.9 Å². The molecule has 0 saturated heterocycles. The summed E-state index contributed by atoms with van der Waals surface area (Å²) < 4.78 is 59.1. The largest absolute Gasteiger partial charge is 0.481 e. The number of rotatable bonds is 8. The number of hydrogen-bond acceptors (Lipinski definition) is 5. The van der Waals surface area contributed by atoms with Crippen molar-refractivity contribution < 1.29 is 36.7 Å². The Morgan fingerprint density at radius 2 is 1.79 bits per heavy atom. The van der Waals surface area contributed by atoms with Crippen molar-refractivity contribution in [2.24, 2.45) is 5.92 Å². The first-order valence-corrected chi connectivity index (χ1v) is 13.1. The number of carbonyl (C=O) groups is 2. The first-order valence-electron chi connectivity index (χ1n) is 13.1. The average Bonchev–Trinajstić information content (AvgIpc) is 3.31. The Hall–Kier alpha value is -4.87. The number of amides is 1. The highest BCUT2D eigenvalue weighted by molar-refractivity contribution is 6.15. The van der Waals surface area contributed by atoms with Crippen LogP contribution in [-0.4, -0.2) is 47.8 Å². The van der Waals surface area contributed by atoms with Gasteiger partial charge in [0.2, 0.25) is 0 Å². The van der Waals surface area contributed by atoms with Crippen molar-refractivity contribution in [3.05, 3.63) is 76.3 Å². The number of H-pyrrole nitrogens is 1. The lowest BCUT2D eigenvalue weighted by molar-refractivity contribution is -0.192. The van der Waals surface area contributed by atoms with Gasteiger partial charge in [0, 0.05) is 53.3 Å². The highest BCUT2D eigenvalue weighted by Gasteiger charge is 2.45. The van der Waals surface area contributed by atoms with Crippen LogP contribution in [0.25, 0.3) is 44.0 Å². The monoisotopic (exact) mass is 583 g/mol. The maximum absolute atomic E-state index is 13.8. The van der Waals surface area contributed by atoms with Crippen LogP contribution >= 0.6 is 0 Å². The molecular weight excluding hydrogens is 558 g/mol. The van der Waals surface area contributed by atoms with Gasteiger partial charge in [-0.05, 0) is 55.8 Å². The number of aliphatic carboxylic acids is 1. The van der Waals surface area contributed by atoms with Crippen LogP contribution in [0.15, 0.2) is 63.8 Å². The number of furan rings is 1. The molecule has 12 heteroatoms. The standard InChI is InChI=1S/C30H25F4N3O5/c1-3-37(4-2)23-13-24-20(25-26(42-24)18-9-8-17(31)11-22(18)36-28(25)39)12-19(23)15-6-5-7-16(10-15)27(38)35-14-21(29(40)41)30(32,33)34/h5-13,21H,3-4,14H2,1-2H3,(H,35,38)(H,36,39)(H,40,41). The molecule has 1 atom stereocenters. The van der Waals surface area contributed by atoms with Gasteiger partial charge in [-0.25, -0.2) is 4.39 Å². The van der Waals surface area contributed by atoms with E-state index >= 15 is 0 Å². The number of carboxylic acid groups (broad SMARTS) is 1. The van der Waals surface area contributed by atoms with E-state index in [0.717, 1.165) is 5.69 Å². The van der Waals surface area contributed by atoms with Crippen molar-refractivity contribution >= 4 is 50.4 Å². The summed E-state index contributed by atoms with van der Waals surface area (Å²) in [6, 6.07) is 13.7. The van der Waals surface area contributed by atoms with Crippen LogP contribution in [0.5, 0.6) is 0 Å². The number of nitrogens with one attached hydrogen (secondary N) is 2. The normalized spacial score (nSPS) is 12.6. The third-order valence-corrected chi connectivity index (χ3v) is 7.21. The zero-order valence-corrected chi connectivity index (χ0v) is 22.4. The number of aromatic amines is 1. The lowest BCUT2D eigenvalue weighted by Crippen LogP contribution is -2.41. The minimum absolute atomic E-state index is 0.0207. The van der Waals surface area contributed by atoms with Crippen molar-refractivity contribution in [3.63, 3.8) is 0 Å². The topological polar surface area (TPSA) is 116 Å². The van der Waals surface area contributed by atoms with Crippen LogP contribution in [0.4, 0.5) is 23.2 Å². The Labute approximate surface area is 235 Å². The van der Waals surface area contributed by atoms with E-state index in [4.69, 9.17) is 9.52 Å². The fourth-order valence-corrected chi connectivity index (χ4v) is 5.07. The molecule has 2 aromatic heterocycles. The predicted molar refractivity (Wildman–Crippen MR) is 150 cm³/mol. The number of fused-ring (bicyclic) bond motifs is 5. The summed E-state index contributed by atoms with van der Waals surface area (Å²) in [6.45, 7) is 3.98. The molecule has 0 aliphatic rings. The molecular formula is C30H25F4N3O5. The Balaban J connectivity index is 1.64. The van der Waals surface area contributed by atoms with Crippen molar-refractivity contribution in [2.45, 2.75) is 20.0 Å². The maximum Gasteiger partial charge on any atom is 0.403 e. The van der Waals surface area contributed by atoms with E-state index in [1.165, 1.54) is 30.3 Å². The fraction of sp³-hybridized carbons (Fsp3) is 0.233. The predicted octanol–water partition coefficient (Wildman–Crippen LogP) is 6.07. The summed E-state index contributed by atoms with van der Waals surface area (Å²) in [5.41, 5.74) is 2.41. The molecule has 1 unspecified atom stereocenters. The number of carboxylic acids is 1. The van der Waals surface area contributed by atoms with Gasteiger partial charge in [0.25, 0.3) is 11.5 Å². The third-order valence-electron chi connectivity index (χ3n) is 7.21. The summed E-state index contributed by atoms with van der Waals surface area (Å²) in [7, 11) is 0. The van der Waals surface area contributed by atoms with Gasteiger partial charge in [0.1, 0.15) is 17.0 Å². The second-order valence-electron chi connectivity index (χ2n) is 9.71. The number of alkyl halides is 3. The van der Waals surface area contributed by atoms with Crippen molar-refractivity contribution in [2.75, 3.05) is 24.5 Å². The number of hydrogen-bond donors (Lipinski definition) is 3. The number of nitrogens with zero attached hydrogens (tertiary/aromatic N) is 1. The second-order valence-corrected chi connectivity index (χ2v) is 9.71. The van der Waals surface area contributed by atoms with Crippen LogP contribution in [0.3, 0.4) is 0 Å². The highest BCUT2D eigenvalue weighted by Crippen LogP contribution is 2.40. The Morgan fingerprint density at radius 1 is 1.05 bits per heavy atom. The summed E-state index contributed by atoms with van der Waals surface area (Å²) in [5.74, 6) is -6.22. The summed E-state index contributed by atoms with van der Waals surface area (Å²) in [6.07, 6.45) is -5.03. The van der Waals surface area contributed by atoms with E-state index < -0.39 is 41.9 Å². The lowest BCUT2D eigenvalue weighted by Gasteiger charge is -2.24. The van der Waals surface area contributed by atoms with E-state index in [2.05, 4.69) is 10.3 Å². The van der Waals surface area contributed by atoms with Gasteiger partial charge in [0.15, 0.2) is 5.92 Å². The van der Waals surface area contributed by atoms with Crippen molar-refractivity contribution in [1.82, 2.24) is 10.3 Å². The minimum atomic E-state index is -5.03. The molecule has 42 heavy (non-hydrogen) atoms. The molecule has 3 aromatic carbocycles. The molecule has 5 aromatic rings. The maximum atomic E-state index is 13.8. The number of halogens is 4. The number of carbonyl (C=O) groups excluding carboxylic acids is 1. The SMILES string of the molecule is CCN(CC)c1cc2oc3c4ccc(F)cc4[nH]c(=O)c3c2cc1-c1cccc(C(=O)NCC(C(=O)O)C(F)(F)F)c1. The molecule has 5 rings (SSSR count). The fourth-order valence-electron chi connectivity index (χ4n) is 5.07. The molecule has 1 amide bonds. The molecule has 0 saturated carbocycles. The van der Waals surface area contributed by atoms with Crippen LogP contribution in [0.1, 0.15) is 24.2 Å². The molecule has 0 bridgehead atoms. The summed E-state index contributed by atoms with van der Waals surface area (Å²) >= 11 is 0. The van der Waals surface area contributed by atoms with Crippen LogP contribution in [0, 0.1) is 11.7 Å². The Bertz CT molecular complexity index is 1910. The van der Waals surface area contributed by atoms with Crippen LogP contribution < -0.4 is 15.8 Å². The third kappa shape index (κ3) is 5.15. The molecule has 8 nitrogen and oxygen atoms in total. The summed E-state index contributed by atoms with van der Waals surface area (Å²) in [4.78, 5) is 41.7. The van der Waals surface area contributed by atoms with E-state index in [1.54, 1.807) is 24.3 Å². The first-order chi connectivity index (χ1) is 19.9. The first kappa shape index (κ1) is 28.7. The van der Waals surface area contributed by atoms with Gasteiger partial charge in [-0.2, -0.15) is 13.2 Å². The molecule has 0 aliphatic heterocycles. The van der Waals surface area contributed by atoms with Crippen LogP contribution in [0.2, 0.25) is 0 Å². The highest BCUT2D eigenvalue weighted by atomic mass is 19.4. The quantitative estimate of drug-likeness (QED) is 0.191. The van der Waals surface area contributed by atoms with E-state index in [0.29, 0.717) is 40.6 Å². The minimum Gasteiger partial charge on any atom is -0.481 e. The van der Waals surface area contributed by atoms with Gasteiger partial charge in [-0.1, -0.05) is 12.1 Å². The van der Waals surface area contributed by atoms with Gasteiger partial charge in [-0.3, -0.25) is 14.4 Å². The number of anilines is 1. The molecule has 0 spiro atoms.